The van der Waals surface area contributed by atoms with E-state index >= 15 is 0 Å². The highest BCUT2D eigenvalue weighted by atomic mass is 19.2. The van der Waals surface area contributed by atoms with E-state index in [-0.39, 0.29) is 18.2 Å². The lowest BCUT2D eigenvalue weighted by Gasteiger charge is -2.17. The average molecular weight is 392 g/mol. The number of carboxylic acids is 1. The predicted molar refractivity (Wildman–Crippen MR) is 90.2 cm³/mol. The third kappa shape index (κ3) is 2.40. The number of nitrogens with one attached hydrogen (secondary N) is 1. The van der Waals surface area contributed by atoms with Crippen LogP contribution in [-0.4, -0.2) is 34.1 Å². The van der Waals surface area contributed by atoms with E-state index in [0.717, 1.165) is 6.20 Å². The summed E-state index contributed by atoms with van der Waals surface area (Å²) in [6.45, 7) is 1.47. The molecule has 4 rings (SSSR count). The molecule has 1 unspecified atom stereocenters. The number of hydrogen-bond donors (Lipinski definition) is 2. The lowest BCUT2D eigenvalue weighted by Crippen LogP contribution is -2.28. The van der Waals surface area contributed by atoms with Crippen molar-refractivity contribution in [2.75, 3.05) is 6.61 Å². The third-order valence-electron chi connectivity index (χ3n) is 4.88. The van der Waals surface area contributed by atoms with Gasteiger partial charge in [0.2, 0.25) is 5.43 Å². The summed E-state index contributed by atoms with van der Waals surface area (Å²) < 4.78 is 35.7. The van der Waals surface area contributed by atoms with Crippen molar-refractivity contribution in [3.63, 3.8) is 0 Å². The average Bonchev–Trinajstić information content (AvgIpc) is 3.42. The summed E-state index contributed by atoms with van der Waals surface area (Å²) in [6.07, 6.45) is 2.16. The molecule has 1 aromatic carbocycles. The molecule has 28 heavy (non-hydrogen) atoms. The van der Waals surface area contributed by atoms with Gasteiger partial charge in [-0.25, -0.2) is 18.4 Å². The SMILES string of the molecule is CCOC(=O)C1NC(=O)c2c(F)c(F)c3c(c21)c(=O)c(C(=O)O)cn3C1CC1. The molecule has 1 amide bonds. The minimum absolute atomic E-state index is 0.0468. The van der Waals surface area contributed by atoms with E-state index in [1.807, 2.05) is 0 Å². The molecule has 10 heteroatoms. The Kier molecular flexibility index (Phi) is 3.95. The van der Waals surface area contributed by atoms with Crippen molar-refractivity contribution in [2.24, 2.45) is 0 Å². The maximum Gasteiger partial charge on any atom is 0.341 e. The van der Waals surface area contributed by atoms with E-state index in [0.29, 0.717) is 12.8 Å². The number of halogens is 2. The van der Waals surface area contributed by atoms with Gasteiger partial charge in [0.1, 0.15) is 5.56 Å². The number of benzene rings is 1. The van der Waals surface area contributed by atoms with E-state index in [2.05, 4.69) is 5.32 Å². The highest BCUT2D eigenvalue weighted by molar-refractivity contribution is 6.10. The van der Waals surface area contributed by atoms with Crippen molar-refractivity contribution < 1.29 is 33.0 Å². The molecule has 0 spiro atoms. The van der Waals surface area contributed by atoms with Crippen LogP contribution < -0.4 is 10.7 Å². The van der Waals surface area contributed by atoms with Gasteiger partial charge >= 0.3 is 11.9 Å². The van der Waals surface area contributed by atoms with Crippen LogP contribution in [0.3, 0.4) is 0 Å². The first-order chi connectivity index (χ1) is 13.3. The zero-order chi connectivity index (χ0) is 20.3. The number of esters is 1. The highest BCUT2D eigenvalue weighted by Crippen LogP contribution is 2.41. The Morgan fingerprint density at radius 2 is 1.96 bits per heavy atom. The fraction of sp³-hybridized carbons (Fsp3) is 0.333. The van der Waals surface area contributed by atoms with Gasteiger partial charge in [-0.3, -0.25) is 9.59 Å². The molecule has 2 N–H and O–H groups in total. The van der Waals surface area contributed by atoms with Crippen LogP contribution in [0.15, 0.2) is 11.0 Å². The predicted octanol–water partition coefficient (Wildman–Crippen LogP) is 1.66. The molecule has 0 radical (unpaired) electrons. The summed E-state index contributed by atoms with van der Waals surface area (Å²) >= 11 is 0. The van der Waals surface area contributed by atoms with Crippen LogP contribution >= 0.6 is 0 Å². The van der Waals surface area contributed by atoms with E-state index in [9.17, 15) is 33.1 Å². The maximum absolute atomic E-state index is 14.9. The Balaban J connectivity index is 2.18. The zero-order valence-electron chi connectivity index (χ0n) is 14.5. The minimum atomic E-state index is -1.55. The summed E-state index contributed by atoms with van der Waals surface area (Å²) in [5.41, 5.74) is -3.39. The summed E-state index contributed by atoms with van der Waals surface area (Å²) in [5.74, 6) is -6.52. The fourth-order valence-corrected chi connectivity index (χ4v) is 3.54. The monoisotopic (exact) mass is 392 g/mol. The fourth-order valence-electron chi connectivity index (χ4n) is 3.54. The Bertz CT molecular complexity index is 1140. The van der Waals surface area contributed by atoms with E-state index in [4.69, 9.17) is 4.74 Å². The Labute approximate surface area is 155 Å². The number of ether oxygens (including phenoxy) is 1. The first-order valence-corrected chi connectivity index (χ1v) is 8.58. The van der Waals surface area contributed by atoms with Crippen molar-refractivity contribution in [1.82, 2.24) is 9.88 Å². The molecule has 1 aromatic heterocycles. The van der Waals surface area contributed by atoms with Gasteiger partial charge in [0.25, 0.3) is 5.91 Å². The van der Waals surface area contributed by atoms with Crippen molar-refractivity contribution in [1.29, 1.82) is 0 Å². The second-order valence-corrected chi connectivity index (χ2v) is 6.61. The molecule has 2 aromatic rings. The molecule has 1 fully saturated rings. The second kappa shape index (κ2) is 6.11. The summed E-state index contributed by atoms with van der Waals surface area (Å²) in [4.78, 5) is 48.9. The number of aromatic nitrogens is 1. The van der Waals surface area contributed by atoms with Gasteiger partial charge in [0.15, 0.2) is 17.7 Å². The molecular formula is C18H14F2N2O6. The molecule has 1 aliphatic heterocycles. The number of pyridine rings is 1. The first kappa shape index (κ1) is 18.1. The lowest BCUT2D eigenvalue weighted by atomic mass is 9.96. The Morgan fingerprint density at radius 3 is 2.54 bits per heavy atom. The number of carboxylic acid groups (broad SMARTS) is 1. The zero-order valence-corrected chi connectivity index (χ0v) is 14.5. The number of aromatic carboxylic acids is 1. The molecule has 0 saturated heterocycles. The van der Waals surface area contributed by atoms with Gasteiger partial charge in [-0.1, -0.05) is 0 Å². The van der Waals surface area contributed by atoms with E-state index in [1.54, 1.807) is 0 Å². The van der Waals surface area contributed by atoms with Gasteiger partial charge in [-0.15, -0.1) is 0 Å². The minimum Gasteiger partial charge on any atom is -0.477 e. The van der Waals surface area contributed by atoms with Crippen LogP contribution in [0.2, 0.25) is 0 Å². The number of carbonyl (C=O) groups is 3. The van der Waals surface area contributed by atoms with Gasteiger partial charge in [0, 0.05) is 17.8 Å². The number of rotatable bonds is 4. The van der Waals surface area contributed by atoms with Crippen molar-refractivity contribution in [3.8, 4) is 0 Å². The third-order valence-corrected chi connectivity index (χ3v) is 4.88. The van der Waals surface area contributed by atoms with Crippen LogP contribution in [0, 0.1) is 11.6 Å². The number of nitrogens with zero attached hydrogens (tertiary/aromatic N) is 1. The number of fused-ring (bicyclic) bond motifs is 3. The topological polar surface area (TPSA) is 115 Å². The summed E-state index contributed by atoms with van der Waals surface area (Å²) in [6, 6.07) is -1.84. The molecule has 0 bridgehead atoms. The highest BCUT2D eigenvalue weighted by Gasteiger charge is 2.43. The molecule has 1 saturated carbocycles. The van der Waals surface area contributed by atoms with Crippen LogP contribution in [0.5, 0.6) is 0 Å². The number of amides is 1. The van der Waals surface area contributed by atoms with Crippen molar-refractivity contribution >= 4 is 28.7 Å². The summed E-state index contributed by atoms with van der Waals surface area (Å²) in [5, 5.41) is 11.1. The Morgan fingerprint density at radius 1 is 1.29 bits per heavy atom. The van der Waals surface area contributed by atoms with Crippen LogP contribution in [-0.2, 0) is 9.53 Å². The van der Waals surface area contributed by atoms with Crippen molar-refractivity contribution in [3.05, 3.63) is 44.7 Å². The quantitative estimate of drug-likeness (QED) is 0.765. The van der Waals surface area contributed by atoms with Gasteiger partial charge in [-0.2, -0.15) is 0 Å². The van der Waals surface area contributed by atoms with Crippen LogP contribution in [0.4, 0.5) is 8.78 Å². The molecule has 1 aliphatic carbocycles. The van der Waals surface area contributed by atoms with Crippen molar-refractivity contribution in [2.45, 2.75) is 31.8 Å². The standard InChI is InChI=1S/C18H14F2N2O6/c1-2-28-18(27)13-8-9(16(24)21-13)11(19)12(20)14-10(8)15(23)7(17(25)26)5-22(14)6-3-4-6/h5-6,13H,2-4H2,1H3,(H,21,24)(H,25,26). The largest absolute Gasteiger partial charge is 0.477 e. The molecular weight excluding hydrogens is 378 g/mol. The summed E-state index contributed by atoms with van der Waals surface area (Å²) in [7, 11) is 0. The molecule has 2 aliphatic rings. The van der Waals surface area contributed by atoms with Gasteiger partial charge in [0.05, 0.1) is 23.1 Å². The lowest BCUT2D eigenvalue weighted by molar-refractivity contribution is -0.145. The normalized spacial score (nSPS) is 18.1. The van der Waals surface area contributed by atoms with E-state index < -0.39 is 63.0 Å². The number of carbonyl (C=O) groups excluding carboxylic acids is 2. The van der Waals surface area contributed by atoms with Crippen LogP contribution in [0.1, 0.15) is 58.1 Å². The maximum atomic E-state index is 14.9. The smallest absolute Gasteiger partial charge is 0.341 e. The van der Waals surface area contributed by atoms with Gasteiger partial charge in [-0.05, 0) is 19.8 Å². The van der Waals surface area contributed by atoms with Gasteiger partial charge < -0.3 is 19.7 Å². The second-order valence-electron chi connectivity index (χ2n) is 6.61. The first-order valence-electron chi connectivity index (χ1n) is 8.58. The molecule has 1 atom stereocenters. The van der Waals surface area contributed by atoms with E-state index in [1.165, 1.54) is 11.5 Å². The van der Waals surface area contributed by atoms with Crippen LogP contribution in [0.25, 0.3) is 10.9 Å². The molecule has 2 heterocycles. The Hall–Kier alpha value is -3.30. The molecule has 146 valence electrons. The molecule has 8 nitrogen and oxygen atoms in total. The number of hydrogen-bond acceptors (Lipinski definition) is 5.